The molecule has 0 bridgehead atoms. The summed E-state index contributed by atoms with van der Waals surface area (Å²) in [4.78, 5) is 0.454. The first kappa shape index (κ1) is 14.3. The number of hydrogen-bond donors (Lipinski definition) is 0. The van der Waals surface area contributed by atoms with Gasteiger partial charge in [0.25, 0.3) is 0 Å². The molecule has 104 valence electrons. The van der Waals surface area contributed by atoms with E-state index in [9.17, 15) is 16.8 Å². The molecule has 1 aromatic rings. The van der Waals surface area contributed by atoms with E-state index in [4.69, 9.17) is 0 Å². The minimum absolute atomic E-state index is 0.0447. The molecule has 0 saturated heterocycles. The van der Waals surface area contributed by atoms with Gasteiger partial charge in [-0.1, -0.05) is 24.3 Å². The van der Waals surface area contributed by atoms with Crippen LogP contribution in [0.5, 0.6) is 0 Å². The molecule has 0 radical (unpaired) electrons. The summed E-state index contributed by atoms with van der Waals surface area (Å²) in [7, 11) is -6.87. The highest BCUT2D eigenvalue weighted by molar-refractivity contribution is 7.95. The molecule has 1 aromatic carbocycles. The summed E-state index contributed by atoms with van der Waals surface area (Å²) in [5, 5.41) is 0. The van der Waals surface area contributed by atoms with E-state index in [0.717, 1.165) is 6.26 Å². The second-order valence-corrected chi connectivity index (χ2v) is 9.62. The van der Waals surface area contributed by atoms with Crippen LogP contribution in [0.1, 0.15) is 19.8 Å². The molecule has 0 fully saturated rings. The molecule has 0 saturated carbocycles. The van der Waals surface area contributed by atoms with Gasteiger partial charge in [-0.05, 0) is 25.5 Å². The Bertz CT molecular complexity index is 715. The van der Waals surface area contributed by atoms with Crippen LogP contribution in [0.4, 0.5) is 0 Å². The Balaban J connectivity index is 2.40. The van der Waals surface area contributed by atoms with Crippen LogP contribution in [-0.2, 0) is 19.7 Å². The average Bonchev–Trinajstić information content (AvgIpc) is 2.75. The second kappa shape index (κ2) is 4.45. The second-order valence-electron chi connectivity index (χ2n) is 5.09. The van der Waals surface area contributed by atoms with Crippen molar-refractivity contribution in [3.05, 3.63) is 41.3 Å². The molecule has 4 nitrogen and oxygen atoms in total. The van der Waals surface area contributed by atoms with E-state index < -0.39 is 24.4 Å². The van der Waals surface area contributed by atoms with Crippen molar-refractivity contribution >= 4 is 19.7 Å². The Morgan fingerprint density at radius 2 is 1.63 bits per heavy atom. The summed E-state index contributed by atoms with van der Waals surface area (Å²) in [6, 6.07) is 8.15. The van der Waals surface area contributed by atoms with E-state index in [2.05, 4.69) is 0 Å². The van der Waals surface area contributed by atoms with Crippen molar-refractivity contribution in [2.24, 2.45) is 0 Å². The summed E-state index contributed by atoms with van der Waals surface area (Å²) < 4.78 is 47.2. The first-order valence-corrected chi connectivity index (χ1v) is 9.23. The fraction of sp³-hybridized carbons (Fsp3) is 0.385. The maximum atomic E-state index is 12.6. The van der Waals surface area contributed by atoms with Crippen molar-refractivity contribution < 1.29 is 16.8 Å². The fourth-order valence-electron chi connectivity index (χ4n) is 2.21. The molecule has 19 heavy (non-hydrogen) atoms. The Kier molecular flexibility index (Phi) is 3.35. The van der Waals surface area contributed by atoms with Gasteiger partial charge in [0.15, 0.2) is 19.7 Å². The molecule has 0 amide bonds. The van der Waals surface area contributed by atoms with Crippen molar-refractivity contribution in [2.75, 3.05) is 6.26 Å². The predicted molar refractivity (Wildman–Crippen MR) is 74.2 cm³/mol. The van der Waals surface area contributed by atoms with Gasteiger partial charge >= 0.3 is 0 Å². The number of sulfone groups is 2. The lowest BCUT2D eigenvalue weighted by Gasteiger charge is -2.24. The largest absolute Gasteiger partial charge is 0.224 e. The van der Waals surface area contributed by atoms with Crippen LogP contribution in [0.3, 0.4) is 0 Å². The van der Waals surface area contributed by atoms with E-state index >= 15 is 0 Å². The van der Waals surface area contributed by atoms with Crippen molar-refractivity contribution in [1.29, 1.82) is 0 Å². The summed E-state index contributed by atoms with van der Waals surface area (Å²) in [6.07, 6.45) is 2.91. The summed E-state index contributed by atoms with van der Waals surface area (Å²) in [6.45, 7) is 1.60. The summed E-state index contributed by atoms with van der Waals surface area (Å²) >= 11 is 0. The molecule has 6 heteroatoms. The molecule has 0 heterocycles. The van der Waals surface area contributed by atoms with Crippen molar-refractivity contribution in [2.45, 2.75) is 29.4 Å². The topological polar surface area (TPSA) is 68.3 Å². The van der Waals surface area contributed by atoms with Gasteiger partial charge in [0, 0.05) is 17.6 Å². The Morgan fingerprint density at radius 3 is 2.11 bits per heavy atom. The number of hydrogen-bond acceptors (Lipinski definition) is 4. The lowest BCUT2D eigenvalue weighted by Crippen LogP contribution is -2.33. The van der Waals surface area contributed by atoms with Crippen LogP contribution >= 0.6 is 0 Å². The third-order valence-corrected chi connectivity index (χ3v) is 7.25. The smallest absolute Gasteiger partial charge is 0.184 e. The fourth-order valence-corrected chi connectivity index (χ4v) is 5.00. The van der Waals surface area contributed by atoms with Gasteiger partial charge in [-0.2, -0.15) is 0 Å². The third kappa shape index (κ3) is 2.47. The minimum atomic E-state index is -3.55. The zero-order chi connectivity index (χ0) is 14.3. The maximum absolute atomic E-state index is 12.6. The first-order valence-electron chi connectivity index (χ1n) is 5.86. The van der Waals surface area contributed by atoms with Crippen LogP contribution in [0, 0.1) is 0 Å². The monoisotopic (exact) mass is 300 g/mol. The molecule has 0 spiro atoms. The average molecular weight is 300 g/mol. The standard InChI is InChI=1S/C13H16O4S2/c1-13(9-8-12(10-13)18(2,14)15)19(16,17)11-6-4-3-5-7-11/h3-8H,9-10H2,1-2H3/t13-/m0/s1. The van der Waals surface area contributed by atoms with Gasteiger partial charge < -0.3 is 0 Å². The molecular formula is C13H16O4S2. The molecule has 1 atom stereocenters. The zero-order valence-corrected chi connectivity index (χ0v) is 12.5. The highest BCUT2D eigenvalue weighted by Gasteiger charge is 2.44. The number of allylic oxidation sites excluding steroid dienone is 2. The SMILES string of the molecule is C[C@]1(S(=O)(=O)c2ccccc2)CC=C(S(C)(=O)=O)C1. The van der Waals surface area contributed by atoms with Gasteiger partial charge in [-0.3, -0.25) is 0 Å². The van der Waals surface area contributed by atoms with Crippen LogP contribution in [-0.4, -0.2) is 27.8 Å². The molecule has 0 aliphatic heterocycles. The summed E-state index contributed by atoms with van der Waals surface area (Å²) in [5.74, 6) is 0. The Morgan fingerprint density at radius 1 is 1.05 bits per heavy atom. The van der Waals surface area contributed by atoms with E-state index in [1.807, 2.05) is 0 Å². The molecule has 0 aromatic heterocycles. The quantitative estimate of drug-likeness (QED) is 0.855. The van der Waals surface area contributed by atoms with E-state index in [-0.39, 0.29) is 22.6 Å². The van der Waals surface area contributed by atoms with Gasteiger partial charge in [0.1, 0.15) is 0 Å². The van der Waals surface area contributed by atoms with Gasteiger partial charge in [-0.25, -0.2) is 16.8 Å². The lowest BCUT2D eigenvalue weighted by atomic mass is 10.1. The molecule has 1 aliphatic carbocycles. The van der Waals surface area contributed by atoms with Gasteiger partial charge in [0.2, 0.25) is 0 Å². The Labute approximate surface area is 114 Å². The number of benzene rings is 1. The molecule has 1 aliphatic rings. The minimum Gasteiger partial charge on any atom is -0.224 e. The third-order valence-electron chi connectivity index (χ3n) is 3.49. The van der Waals surface area contributed by atoms with E-state index in [0.29, 0.717) is 0 Å². The molecule has 2 rings (SSSR count). The Hall–Kier alpha value is -1.14. The number of rotatable bonds is 3. The van der Waals surface area contributed by atoms with E-state index in [1.165, 1.54) is 6.08 Å². The highest BCUT2D eigenvalue weighted by atomic mass is 32.2. The molecule has 0 N–H and O–H groups in total. The lowest BCUT2D eigenvalue weighted by molar-refractivity contribution is 0.539. The van der Waals surface area contributed by atoms with Crippen molar-refractivity contribution in [1.82, 2.24) is 0 Å². The maximum Gasteiger partial charge on any atom is 0.184 e. The van der Waals surface area contributed by atoms with Crippen molar-refractivity contribution in [3.63, 3.8) is 0 Å². The van der Waals surface area contributed by atoms with Crippen LogP contribution in [0.15, 0.2) is 46.2 Å². The molecule has 0 unspecified atom stereocenters. The van der Waals surface area contributed by atoms with Crippen LogP contribution in [0.25, 0.3) is 0 Å². The first-order chi connectivity index (χ1) is 8.67. The van der Waals surface area contributed by atoms with Gasteiger partial charge in [-0.15, -0.1) is 0 Å². The summed E-state index contributed by atoms with van der Waals surface area (Å²) in [5.41, 5.74) is 0. The van der Waals surface area contributed by atoms with E-state index in [1.54, 1.807) is 37.3 Å². The van der Waals surface area contributed by atoms with Gasteiger partial charge in [0.05, 0.1) is 9.64 Å². The van der Waals surface area contributed by atoms with Crippen LogP contribution in [0.2, 0.25) is 0 Å². The van der Waals surface area contributed by atoms with Crippen LogP contribution < -0.4 is 0 Å². The normalized spacial score (nSPS) is 24.2. The molecular weight excluding hydrogens is 284 g/mol. The highest BCUT2D eigenvalue weighted by Crippen LogP contribution is 2.40. The zero-order valence-electron chi connectivity index (χ0n) is 10.8. The van der Waals surface area contributed by atoms with Crippen molar-refractivity contribution in [3.8, 4) is 0 Å². The predicted octanol–water partition coefficient (Wildman–Crippen LogP) is 1.94.